The zero-order chi connectivity index (χ0) is 26.2. The van der Waals surface area contributed by atoms with Crippen molar-refractivity contribution >= 4 is 11.6 Å². The number of hydrogen-bond donors (Lipinski definition) is 2. The molecule has 0 radical (unpaired) electrons. The molecule has 2 aromatic heterocycles. The van der Waals surface area contributed by atoms with E-state index in [1.165, 1.54) is 13.2 Å². The van der Waals surface area contributed by atoms with E-state index in [1.807, 2.05) is 6.92 Å². The monoisotopic (exact) mass is 516 g/mol. The van der Waals surface area contributed by atoms with E-state index >= 15 is 0 Å². The van der Waals surface area contributed by atoms with Gasteiger partial charge in [0.25, 0.3) is 5.91 Å². The topological polar surface area (TPSA) is 97.6 Å². The van der Waals surface area contributed by atoms with Crippen molar-refractivity contribution in [2.45, 2.75) is 44.4 Å². The number of pyridine rings is 1. The molecule has 1 saturated heterocycles. The van der Waals surface area contributed by atoms with Crippen LogP contribution < -0.4 is 19.5 Å². The van der Waals surface area contributed by atoms with Gasteiger partial charge in [0, 0.05) is 43.5 Å². The van der Waals surface area contributed by atoms with E-state index < -0.39 is 18.1 Å². The molecule has 3 aromatic rings. The van der Waals surface area contributed by atoms with Crippen LogP contribution >= 0.6 is 0 Å². The van der Waals surface area contributed by atoms with E-state index in [0.717, 1.165) is 25.8 Å². The predicted octanol–water partition coefficient (Wildman–Crippen LogP) is 3.34. The van der Waals surface area contributed by atoms with Crippen molar-refractivity contribution in [3.8, 4) is 28.5 Å². The van der Waals surface area contributed by atoms with Gasteiger partial charge in [0.2, 0.25) is 0 Å². The molecule has 9 nitrogen and oxygen atoms in total. The van der Waals surface area contributed by atoms with Crippen LogP contribution in [0.15, 0.2) is 36.7 Å². The fourth-order valence-corrected chi connectivity index (χ4v) is 4.62. The summed E-state index contributed by atoms with van der Waals surface area (Å²) >= 11 is 0. The Kier molecular flexibility index (Phi) is 6.91. The number of nitrogens with one attached hydrogen (secondary N) is 1. The third-order valence-electron chi connectivity index (χ3n) is 6.44. The van der Waals surface area contributed by atoms with Gasteiger partial charge in [0.1, 0.15) is 28.5 Å². The van der Waals surface area contributed by atoms with Gasteiger partial charge in [0.15, 0.2) is 0 Å². The second-order valence-corrected chi connectivity index (χ2v) is 9.82. The van der Waals surface area contributed by atoms with Crippen LogP contribution in [0.4, 0.5) is 8.78 Å². The minimum atomic E-state index is -3.11. The molecule has 11 heteroatoms. The average molecular weight is 517 g/mol. The van der Waals surface area contributed by atoms with Crippen molar-refractivity contribution in [3.63, 3.8) is 0 Å². The van der Waals surface area contributed by atoms with E-state index in [0.29, 0.717) is 42.4 Å². The van der Waals surface area contributed by atoms with Crippen LogP contribution in [-0.4, -0.2) is 76.9 Å². The molecule has 0 atom stereocenters. The Morgan fingerprint density at radius 3 is 2.70 bits per heavy atom. The van der Waals surface area contributed by atoms with Crippen LogP contribution in [-0.2, 0) is 0 Å². The molecular weight excluding hydrogens is 486 g/mol. The smallest absolute Gasteiger partial charge is 0.387 e. The van der Waals surface area contributed by atoms with Crippen molar-refractivity contribution in [2.75, 3.05) is 33.4 Å². The van der Waals surface area contributed by atoms with Crippen molar-refractivity contribution in [1.82, 2.24) is 19.6 Å². The number of amides is 1. The van der Waals surface area contributed by atoms with Crippen LogP contribution in [0.2, 0.25) is 0 Å². The van der Waals surface area contributed by atoms with Gasteiger partial charge in [0.05, 0.1) is 31.2 Å². The molecule has 3 heterocycles. The molecule has 0 bridgehead atoms. The number of hydrogen-bond acceptors (Lipinski definition) is 7. The average Bonchev–Trinajstić information content (AvgIpc) is 3.54. The normalized spacial score (nSPS) is 17.0. The largest absolute Gasteiger partial charge is 0.496 e. The number of benzene rings is 1. The third-order valence-corrected chi connectivity index (χ3v) is 6.44. The van der Waals surface area contributed by atoms with Gasteiger partial charge in [-0.3, -0.25) is 14.1 Å². The summed E-state index contributed by atoms with van der Waals surface area (Å²) in [5.74, 6) is 0.0126. The number of halogens is 2. The highest BCUT2D eigenvalue weighted by Crippen LogP contribution is 2.37. The number of aliphatic hydroxyl groups is 1. The van der Waals surface area contributed by atoms with Crippen molar-refractivity contribution in [3.05, 3.63) is 42.2 Å². The van der Waals surface area contributed by atoms with Crippen LogP contribution in [0.5, 0.6) is 17.2 Å². The number of carbonyl (C=O) groups is 1. The Hall–Kier alpha value is -3.44. The molecule has 1 saturated carbocycles. The fraction of sp³-hybridized carbons (Fsp3) is 0.462. The molecule has 5 rings (SSSR count). The summed E-state index contributed by atoms with van der Waals surface area (Å²) in [6.07, 6.45) is 5.93. The van der Waals surface area contributed by atoms with Crippen LogP contribution in [0, 0.1) is 0 Å². The van der Waals surface area contributed by atoms with E-state index in [9.17, 15) is 18.7 Å². The number of imidazole rings is 1. The second-order valence-electron chi connectivity index (χ2n) is 9.82. The maximum absolute atomic E-state index is 13.2. The number of aromatic nitrogens is 2. The first-order valence-electron chi connectivity index (χ1n) is 12.3. The van der Waals surface area contributed by atoms with Crippen molar-refractivity contribution in [2.24, 2.45) is 0 Å². The maximum atomic E-state index is 13.2. The highest BCUT2D eigenvalue weighted by molar-refractivity contribution is 6.01. The number of alkyl halides is 2. The fourth-order valence-electron chi connectivity index (χ4n) is 4.62. The lowest BCUT2D eigenvalue weighted by molar-refractivity contribution is -0.0840. The van der Waals surface area contributed by atoms with Crippen LogP contribution in [0.25, 0.3) is 16.9 Å². The number of β-amino-alcohol motifs (C(OH)–C–C–N with tert-alkyl or cyclic N) is 1. The van der Waals surface area contributed by atoms with Gasteiger partial charge >= 0.3 is 6.61 Å². The van der Waals surface area contributed by atoms with E-state index in [2.05, 4.69) is 15.2 Å². The predicted molar refractivity (Wildman–Crippen MR) is 131 cm³/mol. The molecule has 2 fully saturated rings. The number of rotatable bonds is 11. The summed E-state index contributed by atoms with van der Waals surface area (Å²) in [4.78, 5) is 19.4. The first-order chi connectivity index (χ1) is 17.7. The summed E-state index contributed by atoms with van der Waals surface area (Å²) < 4.78 is 44.3. The van der Waals surface area contributed by atoms with Gasteiger partial charge < -0.3 is 24.6 Å². The standard InChI is InChI=1S/C26H30F2N4O5/c1-26(34)14-31(15-26)7-3-9-36-18-6-8-32-19(13-29-22(32)12-18)16-10-20(35-2)23(21(11-16)37-25(27)28)24(33)30-17-4-5-17/h6,8,10-13,17,25,34H,3-5,7,9,14-15H2,1-2H3,(H,30,33). The number of fused-ring (bicyclic) bond motifs is 1. The number of ether oxygens (including phenoxy) is 3. The first kappa shape index (κ1) is 25.2. The summed E-state index contributed by atoms with van der Waals surface area (Å²) in [7, 11) is 1.38. The number of nitrogens with zero attached hydrogens (tertiary/aromatic N) is 3. The lowest BCUT2D eigenvalue weighted by atomic mass is 9.97. The van der Waals surface area contributed by atoms with Crippen LogP contribution in [0.3, 0.4) is 0 Å². The molecule has 2 N–H and O–H groups in total. The summed E-state index contributed by atoms with van der Waals surface area (Å²) in [5, 5.41) is 12.6. The molecule has 198 valence electrons. The van der Waals surface area contributed by atoms with Crippen molar-refractivity contribution < 1.29 is 32.9 Å². The maximum Gasteiger partial charge on any atom is 0.387 e. The minimum Gasteiger partial charge on any atom is -0.496 e. The van der Waals surface area contributed by atoms with Gasteiger partial charge in [-0.2, -0.15) is 8.78 Å². The summed E-state index contributed by atoms with van der Waals surface area (Å²) in [6.45, 7) is 1.46. The third kappa shape index (κ3) is 5.78. The Balaban J connectivity index is 1.34. The molecule has 1 aliphatic carbocycles. The van der Waals surface area contributed by atoms with Gasteiger partial charge in [-0.05, 0) is 44.4 Å². The number of likely N-dealkylation sites (tertiary alicyclic amines) is 1. The zero-order valence-corrected chi connectivity index (χ0v) is 20.7. The lowest BCUT2D eigenvalue weighted by Crippen LogP contribution is -2.59. The van der Waals surface area contributed by atoms with Gasteiger partial charge in [-0.25, -0.2) is 4.98 Å². The van der Waals surface area contributed by atoms with E-state index in [4.69, 9.17) is 14.2 Å². The Labute approximate surface area is 212 Å². The molecule has 1 amide bonds. The lowest BCUT2D eigenvalue weighted by Gasteiger charge is -2.44. The quantitative estimate of drug-likeness (QED) is 0.377. The molecule has 0 spiro atoms. The second kappa shape index (κ2) is 10.1. The molecule has 37 heavy (non-hydrogen) atoms. The molecular formula is C26H30F2N4O5. The molecule has 2 aliphatic rings. The SMILES string of the molecule is COc1cc(-c2cnc3cc(OCCCN4CC(C)(O)C4)ccn23)cc(OC(F)F)c1C(=O)NC1CC1. The number of methoxy groups -OCH3 is 1. The van der Waals surface area contributed by atoms with E-state index in [-0.39, 0.29) is 23.1 Å². The summed E-state index contributed by atoms with van der Waals surface area (Å²) in [6, 6.07) is 6.65. The van der Waals surface area contributed by atoms with Crippen molar-refractivity contribution in [1.29, 1.82) is 0 Å². The Bertz CT molecular complexity index is 1280. The Morgan fingerprint density at radius 1 is 1.27 bits per heavy atom. The number of carbonyl (C=O) groups excluding carboxylic acids is 1. The highest BCUT2D eigenvalue weighted by atomic mass is 19.3. The zero-order valence-electron chi connectivity index (χ0n) is 20.7. The van der Waals surface area contributed by atoms with Crippen LogP contribution in [0.1, 0.15) is 36.5 Å². The van der Waals surface area contributed by atoms with E-state index in [1.54, 1.807) is 35.0 Å². The molecule has 1 aromatic carbocycles. The molecule has 1 aliphatic heterocycles. The summed E-state index contributed by atoms with van der Waals surface area (Å²) in [5.41, 5.74) is 1.08. The highest BCUT2D eigenvalue weighted by Gasteiger charge is 2.35. The minimum absolute atomic E-state index is 0.0403. The first-order valence-corrected chi connectivity index (χ1v) is 12.3. The Morgan fingerprint density at radius 2 is 2.03 bits per heavy atom. The molecule has 0 unspecified atom stereocenters. The van der Waals surface area contributed by atoms with Gasteiger partial charge in [-0.1, -0.05) is 0 Å². The van der Waals surface area contributed by atoms with Gasteiger partial charge in [-0.15, -0.1) is 0 Å².